The lowest BCUT2D eigenvalue weighted by Crippen LogP contribution is -2.05. The molecule has 0 aromatic heterocycles. The van der Waals surface area contributed by atoms with E-state index in [1.807, 2.05) is 0 Å². The Morgan fingerprint density at radius 2 is 1.68 bits per heavy atom. The Morgan fingerprint density at radius 3 is 2.37 bits per heavy atom. The summed E-state index contributed by atoms with van der Waals surface area (Å²) in [6, 6.07) is 9.83. The Balaban J connectivity index is 2.25. The second-order valence-electron chi connectivity index (χ2n) is 4.07. The van der Waals surface area contributed by atoms with Gasteiger partial charge in [-0.15, -0.1) is 0 Å². The van der Waals surface area contributed by atoms with Gasteiger partial charge in [-0.25, -0.2) is 0 Å². The van der Waals surface area contributed by atoms with Crippen LogP contribution >= 0.6 is 34.8 Å². The highest BCUT2D eigenvalue weighted by Gasteiger charge is 2.11. The summed E-state index contributed by atoms with van der Waals surface area (Å²) >= 11 is 17.7. The van der Waals surface area contributed by atoms with E-state index in [4.69, 9.17) is 40.5 Å². The lowest BCUT2D eigenvalue weighted by atomic mass is 10.0. The van der Waals surface area contributed by atoms with Crippen LogP contribution in [0, 0.1) is 0 Å². The second kappa shape index (κ2) is 5.83. The van der Waals surface area contributed by atoms with E-state index in [9.17, 15) is 4.79 Å². The van der Waals surface area contributed by atoms with Gasteiger partial charge in [0.2, 0.25) is 0 Å². The third-order valence-electron chi connectivity index (χ3n) is 2.68. The molecule has 0 spiro atoms. The average molecular weight is 315 g/mol. The van der Waals surface area contributed by atoms with E-state index in [1.54, 1.807) is 36.4 Å². The summed E-state index contributed by atoms with van der Waals surface area (Å²) in [7, 11) is 0. The van der Waals surface area contributed by atoms with Crippen LogP contribution in [0.2, 0.25) is 15.1 Å². The molecule has 0 aliphatic carbocycles. The maximum absolute atomic E-state index is 12.1. The maximum atomic E-state index is 12.1. The summed E-state index contributed by atoms with van der Waals surface area (Å²) in [5.41, 5.74) is 7.24. The number of Topliss-reactive ketones (excluding diaryl/α,β-unsaturated/α-hetero) is 1. The molecular formula is C14H10Cl3NO. The predicted octanol–water partition coefficient (Wildman–Crippen LogP) is 4.65. The lowest BCUT2D eigenvalue weighted by molar-refractivity contribution is 0.0993. The van der Waals surface area contributed by atoms with Gasteiger partial charge in [-0.1, -0.05) is 34.8 Å². The van der Waals surface area contributed by atoms with Crippen LogP contribution in [0.3, 0.4) is 0 Å². The summed E-state index contributed by atoms with van der Waals surface area (Å²) in [4.78, 5) is 12.1. The number of hydrogen-bond acceptors (Lipinski definition) is 2. The molecule has 2 aromatic carbocycles. The van der Waals surface area contributed by atoms with Crippen molar-refractivity contribution in [1.82, 2.24) is 0 Å². The number of hydrogen-bond donors (Lipinski definition) is 1. The van der Waals surface area contributed by atoms with Gasteiger partial charge in [0.25, 0.3) is 0 Å². The molecule has 5 heteroatoms. The summed E-state index contributed by atoms with van der Waals surface area (Å²) < 4.78 is 0. The molecule has 2 aromatic rings. The van der Waals surface area contributed by atoms with Crippen LogP contribution in [-0.4, -0.2) is 5.78 Å². The van der Waals surface area contributed by atoms with Gasteiger partial charge in [0, 0.05) is 22.0 Å². The minimum absolute atomic E-state index is 0.0902. The van der Waals surface area contributed by atoms with E-state index in [0.717, 1.165) is 0 Å². The predicted molar refractivity (Wildman–Crippen MR) is 80.4 cm³/mol. The summed E-state index contributed by atoms with van der Waals surface area (Å²) in [5.74, 6) is -0.0902. The average Bonchev–Trinajstić information content (AvgIpc) is 2.37. The Hall–Kier alpha value is -1.22. The second-order valence-corrected chi connectivity index (χ2v) is 5.32. The molecule has 2 nitrogen and oxygen atoms in total. The summed E-state index contributed by atoms with van der Waals surface area (Å²) in [6.45, 7) is 0. The highest BCUT2D eigenvalue weighted by Crippen LogP contribution is 2.24. The van der Waals surface area contributed by atoms with Gasteiger partial charge in [-0.2, -0.15) is 0 Å². The van der Waals surface area contributed by atoms with E-state index in [2.05, 4.69) is 0 Å². The minimum atomic E-state index is -0.0902. The van der Waals surface area contributed by atoms with E-state index in [1.165, 1.54) is 0 Å². The molecular weight excluding hydrogens is 305 g/mol. The molecule has 0 radical (unpaired) electrons. The Bertz CT molecular complexity index is 641. The van der Waals surface area contributed by atoms with E-state index in [0.29, 0.717) is 31.9 Å². The molecule has 0 unspecified atom stereocenters. The zero-order chi connectivity index (χ0) is 14.0. The van der Waals surface area contributed by atoms with Crippen molar-refractivity contribution in [3.8, 4) is 0 Å². The van der Waals surface area contributed by atoms with Gasteiger partial charge in [0.05, 0.1) is 10.7 Å². The topological polar surface area (TPSA) is 43.1 Å². The van der Waals surface area contributed by atoms with Crippen molar-refractivity contribution in [2.75, 3.05) is 5.73 Å². The number of carbonyl (C=O) groups is 1. The highest BCUT2D eigenvalue weighted by atomic mass is 35.5. The number of anilines is 1. The number of nitrogen functional groups attached to an aromatic ring is 1. The maximum Gasteiger partial charge on any atom is 0.167 e. The molecule has 98 valence electrons. The van der Waals surface area contributed by atoms with Gasteiger partial charge in [-0.05, 0) is 42.0 Å². The third-order valence-corrected chi connectivity index (χ3v) is 3.62. The van der Waals surface area contributed by atoms with Crippen LogP contribution < -0.4 is 5.73 Å². The number of nitrogens with two attached hydrogens (primary N) is 1. The van der Waals surface area contributed by atoms with Gasteiger partial charge >= 0.3 is 0 Å². The first-order valence-electron chi connectivity index (χ1n) is 5.49. The normalized spacial score (nSPS) is 10.5. The SMILES string of the molecule is Nc1cc(C(=O)Cc2cc(Cl)ccc2Cl)ccc1Cl. The molecule has 0 saturated carbocycles. The van der Waals surface area contributed by atoms with Crippen LogP contribution in [-0.2, 0) is 6.42 Å². The quantitative estimate of drug-likeness (QED) is 0.661. The van der Waals surface area contributed by atoms with Crippen molar-refractivity contribution in [2.24, 2.45) is 0 Å². The van der Waals surface area contributed by atoms with E-state index >= 15 is 0 Å². The fraction of sp³-hybridized carbons (Fsp3) is 0.0714. The molecule has 0 aliphatic rings. The van der Waals surface area contributed by atoms with Gasteiger partial charge in [0.15, 0.2) is 5.78 Å². The number of ketones is 1. The van der Waals surface area contributed by atoms with Gasteiger partial charge in [0.1, 0.15) is 0 Å². The summed E-state index contributed by atoms with van der Waals surface area (Å²) in [5, 5.41) is 1.49. The molecule has 0 atom stereocenters. The molecule has 19 heavy (non-hydrogen) atoms. The molecule has 0 heterocycles. The molecule has 2 rings (SSSR count). The smallest absolute Gasteiger partial charge is 0.167 e. The molecule has 0 fully saturated rings. The summed E-state index contributed by atoms with van der Waals surface area (Å²) in [6.07, 6.45) is 0.167. The van der Waals surface area contributed by atoms with Gasteiger partial charge in [-0.3, -0.25) is 4.79 Å². The largest absolute Gasteiger partial charge is 0.398 e. The number of halogens is 3. The van der Waals surface area contributed by atoms with Crippen molar-refractivity contribution in [1.29, 1.82) is 0 Å². The van der Waals surface area contributed by atoms with Crippen LogP contribution in [0.1, 0.15) is 15.9 Å². The van der Waals surface area contributed by atoms with Crippen LogP contribution in [0.5, 0.6) is 0 Å². The fourth-order valence-electron chi connectivity index (χ4n) is 1.67. The minimum Gasteiger partial charge on any atom is -0.398 e. The highest BCUT2D eigenvalue weighted by molar-refractivity contribution is 6.34. The van der Waals surface area contributed by atoms with Gasteiger partial charge < -0.3 is 5.73 Å². The van der Waals surface area contributed by atoms with Crippen molar-refractivity contribution in [2.45, 2.75) is 6.42 Å². The van der Waals surface area contributed by atoms with E-state index < -0.39 is 0 Å². The first-order valence-corrected chi connectivity index (χ1v) is 6.63. The van der Waals surface area contributed by atoms with Crippen LogP contribution in [0.4, 0.5) is 5.69 Å². The third kappa shape index (κ3) is 3.41. The first kappa shape index (κ1) is 14.2. The van der Waals surface area contributed by atoms with Crippen molar-refractivity contribution < 1.29 is 4.79 Å². The first-order chi connectivity index (χ1) is 8.97. The molecule has 0 aliphatic heterocycles. The molecule has 0 saturated heterocycles. The Morgan fingerprint density at radius 1 is 1.00 bits per heavy atom. The zero-order valence-corrected chi connectivity index (χ0v) is 12.1. The Labute approximate surface area is 126 Å². The fourth-order valence-corrected chi connectivity index (χ4v) is 2.17. The zero-order valence-electron chi connectivity index (χ0n) is 9.79. The monoisotopic (exact) mass is 313 g/mol. The van der Waals surface area contributed by atoms with E-state index in [-0.39, 0.29) is 12.2 Å². The standard InChI is InChI=1S/C14H10Cl3NO/c15-10-2-4-11(16)9(5-10)7-14(19)8-1-3-12(17)13(18)6-8/h1-6H,7,18H2. The van der Waals surface area contributed by atoms with Crippen LogP contribution in [0.25, 0.3) is 0 Å². The van der Waals surface area contributed by atoms with Crippen molar-refractivity contribution in [3.05, 3.63) is 62.6 Å². The van der Waals surface area contributed by atoms with Crippen molar-refractivity contribution >= 4 is 46.3 Å². The van der Waals surface area contributed by atoms with Crippen LogP contribution in [0.15, 0.2) is 36.4 Å². The molecule has 2 N–H and O–H groups in total. The van der Waals surface area contributed by atoms with Crippen molar-refractivity contribution in [3.63, 3.8) is 0 Å². The lowest BCUT2D eigenvalue weighted by Gasteiger charge is -2.06. The molecule has 0 bridgehead atoms. The molecule has 0 amide bonds. The number of benzene rings is 2. The number of rotatable bonds is 3. The Kier molecular flexibility index (Phi) is 4.35. The number of carbonyl (C=O) groups excluding carboxylic acids is 1.